The molecule has 2 aliphatic carbocycles. The predicted molar refractivity (Wildman–Crippen MR) is 126 cm³/mol. The molecule has 6 nitrogen and oxygen atoms in total. The van der Waals surface area contributed by atoms with Crippen molar-refractivity contribution in [1.82, 2.24) is 4.90 Å². The number of carbonyl (C=O) groups is 2. The molecule has 1 heterocycles. The molecule has 0 radical (unpaired) electrons. The van der Waals surface area contributed by atoms with Crippen LogP contribution in [-0.2, 0) is 4.79 Å². The molecule has 1 amide bonds. The third-order valence-electron chi connectivity index (χ3n) is 7.12. The average molecular weight is 467 g/mol. The Balaban J connectivity index is 1.57. The Morgan fingerprint density at radius 1 is 1.15 bits per heavy atom. The highest BCUT2D eigenvalue weighted by molar-refractivity contribution is 6.47. The Kier molecular flexibility index (Phi) is 5.65. The highest BCUT2D eigenvalue weighted by Crippen LogP contribution is 2.52. The van der Waals surface area contributed by atoms with Crippen molar-refractivity contribution in [3.63, 3.8) is 0 Å². The molecule has 1 spiro atoms. The molecule has 1 aliphatic heterocycles. The normalized spacial score (nSPS) is 20.6. The minimum absolute atomic E-state index is 0.0719. The van der Waals surface area contributed by atoms with Gasteiger partial charge in [-0.25, -0.2) is 4.79 Å². The highest BCUT2D eigenvalue weighted by atomic mass is 35.5. The van der Waals surface area contributed by atoms with E-state index in [0.29, 0.717) is 28.0 Å². The number of aromatic carboxylic acids is 1. The number of ether oxygens (including phenoxy) is 1. The van der Waals surface area contributed by atoms with Crippen molar-refractivity contribution in [2.24, 2.45) is 10.9 Å². The summed E-state index contributed by atoms with van der Waals surface area (Å²) in [6, 6.07) is 12.2. The van der Waals surface area contributed by atoms with Gasteiger partial charge in [0.05, 0.1) is 23.7 Å². The van der Waals surface area contributed by atoms with Crippen LogP contribution in [0.3, 0.4) is 0 Å². The fourth-order valence-electron chi connectivity index (χ4n) is 5.34. The molecule has 33 heavy (non-hydrogen) atoms. The molecule has 0 bridgehead atoms. The van der Waals surface area contributed by atoms with Gasteiger partial charge < -0.3 is 14.7 Å². The number of carbonyl (C=O) groups excluding carboxylic acids is 1. The quantitative estimate of drug-likeness (QED) is 0.610. The Labute approximate surface area is 198 Å². The minimum atomic E-state index is -0.951. The maximum Gasteiger partial charge on any atom is 0.335 e. The van der Waals surface area contributed by atoms with Crippen molar-refractivity contribution < 1.29 is 19.4 Å². The lowest BCUT2D eigenvalue weighted by Crippen LogP contribution is -2.50. The van der Waals surface area contributed by atoms with Crippen LogP contribution in [0.15, 0.2) is 47.5 Å². The molecule has 1 atom stereocenters. The van der Waals surface area contributed by atoms with Gasteiger partial charge in [0, 0.05) is 5.56 Å². The van der Waals surface area contributed by atoms with Gasteiger partial charge in [-0.05, 0) is 80.3 Å². The number of amides is 1. The van der Waals surface area contributed by atoms with Crippen molar-refractivity contribution in [1.29, 1.82) is 0 Å². The van der Waals surface area contributed by atoms with Crippen molar-refractivity contribution in [3.05, 3.63) is 64.2 Å². The van der Waals surface area contributed by atoms with Crippen molar-refractivity contribution in [2.45, 2.75) is 56.7 Å². The fraction of sp³-hybridized carbons (Fsp3) is 0.423. The van der Waals surface area contributed by atoms with Crippen LogP contribution in [0, 0.1) is 5.92 Å². The van der Waals surface area contributed by atoms with E-state index in [0.717, 1.165) is 50.5 Å². The Bertz CT molecular complexity index is 1120. The summed E-state index contributed by atoms with van der Waals surface area (Å²) in [7, 11) is 1.56. The monoisotopic (exact) mass is 466 g/mol. The zero-order valence-electron chi connectivity index (χ0n) is 18.6. The van der Waals surface area contributed by atoms with E-state index in [-0.39, 0.29) is 17.5 Å². The molecule has 2 fully saturated rings. The standard InChI is InChI=1S/C26H27ClN2O4/c1-33-21-12-11-19(15-20(21)27)22-24(30)29(26(28-22)13-3-2-4-14-26)23(16-5-6-16)17-7-9-18(10-8-17)25(31)32/h7-12,15-16,23H,2-6,13-14H2,1H3,(H,31,32). The molecule has 1 unspecified atom stereocenters. The van der Waals surface area contributed by atoms with Gasteiger partial charge in [-0.15, -0.1) is 0 Å². The fourth-order valence-corrected chi connectivity index (χ4v) is 5.60. The lowest BCUT2D eigenvalue weighted by atomic mass is 9.86. The Morgan fingerprint density at radius 3 is 2.42 bits per heavy atom. The molecule has 5 rings (SSSR count). The molecule has 172 valence electrons. The van der Waals surface area contributed by atoms with E-state index in [1.54, 1.807) is 31.4 Å². The summed E-state index contributed by atoms with van der Waals surface area (Å²) < 4.78 is 5.27. The number of benzene rings is 2. The van der Waals surface area contributed by atoms with Gasteiger partial charge >= 0.3 is 5.97 Å². The summed E-state index contributed by atoms with van der Waals surface area (Å²) in [5, 5.41) is 9.75. The van der Waals surface area contributed by atoms with Gasteiger partial charge in [0.15, 0.2) is 0 Å². The summed E-state index contributed by atoms with van der Waals surface area (Å²) in [4.78, 5) is 32.5. The first-order valence-electron chi connectivity index (χ1n) is 11.5. The van der Waals surface area contributed by atoms with E-state index >= 15 is 0 Å². The second-order valence-corrected chi connectivity index (χ2v) is 9.64. The van der Waals surface area contributed by atoms with Crippen LogP contribution in [0.5, 0.6) is 5.75 Å². The van der Waals surface area contributed by atoms with Crippen LogP contribution in [0.25, 0.3) is 0 Å². The molecule has 2 aromatic rings. The smallest absolute Gasteiger partial charge is 0.335 e. The Hall–Kier alpha value is -2.86. The van der Waals surface area contributed by atoms with Crippen LogP contribution in [0.2, 0.25) is 5.02 Å². The van der Waals surface area contributed by atoms with Crippen LogP contribution in [-0.4, -0.2) is 40.4 Å². The van der Waals surface area contributed by atoms with Crippen LogP contribution in [0.1, 0.15) is 72.5 Å². The van der Waals surface area contributed by atoms with Crippen LogP contribution < -0.4 is 4.74 Å². The SMILES string of the molecule is COc1ccc(C2=NC3(CCCCC3)N(C(c3ccc(C(=O)O)cc3)C3CC3)C2=O)cc1Cl. The molecular weight excluding hydrogens is 440 g/mol. The second kappa shape index (κ2) is 8.49. The maximum atomic E-state index is 14.0. The number of hydrogen-bond donors (Lipinski definition) is 1. The number of aliphatic imine (C=N–C) groups is 1. The zero-order valence-corrected chi connectivity index (χ0v) is 19.3. The number of nitrogens with zero attached hydrogens (tertiary/aromatic N) is 2. The van der Waals surface area contributed by atoms with Crippen molar-refractivity contribution in [2.75, 3.05) is 7.11 Å². The highest BCUT2D eigenvalue weighted by Gasteiger charge is 2.53. The summed E-state index contributed by atoms with van der Waals surface area (Å²) in [6.07, 6.45) is 6.97. The molecule has 7 heteroatoms. The molecule has 2 aromatic carbocycles. The number of carboxylic acids is 1. The van der Waals surface area contributed by atoms with E-state index in [1.807, 2.05) is 23.1 Å². The number of methoxy groups -OCH3 is 1. The van der Waals surface area contributed by atoms with Gasteiger partial charge in [-0.3, -0.25) is 9.79 Å². The third kappa shape index (κ3) is 3.90. The summed E-state index contributed by atoms with van der Waals surface area (Å²) in [6.45, 7) is 0. The van der Waals surface area contributed by atoms with E-state index in [1.165, 1.54) is 0 Å². The zero-order chi connectivity index (χ0) is 23.2. The molecular formula is C26H27ClN2O4. The largest absolute Gasteiger partial charge is 0.495 e. The number of rotatable bonds is 6. The number of carboxylic acid groups (broad SMARTS) is 1. The predicted octanol–water partition coefficient (Wildman–Crippen LogP) is 5.49. The van der Waals surface area contributed by atoms with Crippen LogP contribution >= 0.6 is 11.6 Å². The van der Waals surface area contributed by atoms with Crippen molar-refractivity contribution >= 4 is 29.2 Å². The Morgan fingerprint density at radius 2 is 1.85 bits per heavy atom. The third-order valence-corrected chi connectivity index (χ3v) is 7.41. The van der Waals surface area contributed by atoms with Gasteiger partial charge in [0.1, 0.15) is 17.1 Å². The molecule has 2 saturated carbocycles. The number of halogens is 1. The van der Waals surface area contributed by atoms with Crippen molar-refractivity contribution in [3.8, 4) is 5.75 Å². The van der Waals surface area contributed by atoms with E-state index in [2.05, 4.69) is 0 Å². The van der Waals surface area contributed by atoms with Gasteiger partial charge in [-0.2, -0.15) is 0 Å². The molecule has 1 N–H and O–H groups in total. The van der Waals surface area contributed by atoms with E-state index in [9.17, 15) is 14.7 Å². The number of hydrogen-bond acceptors (Lipinski definition) is 4. The summed E-state index contributed by atoms with van der Waals surface area (Å²) in [5.41, 5.74) is 1.82. The van der Waals surface area contributed by atoms with E-state index < -0.39 is 11.6 Å². The lowest BCUT2D eigenvalue weighted by molar-refractivity contribution is -0.133. The average Bonchev–Trinajstić information content (AvgIpc) is 3.62. The lowest BCUT2D eigenvalue weighted by Gasteiger charge is -2.44. The first-order valence-corrected chi connectivity index (χ1v) is 11.9. The van der Waals surface area contributed by atoms with Gasteiger partial charge in [0.2, 0.25) is 0 Å². The van der Waals surface area contributed by atoms with Gasteiger partial charge in [-0.1, -0.05) is 30.2 Å². The summed E-state index contributed by atoms with van der Waals surface area (Å²) in [5.74, 6) is -0.104. The second-order valence-electron chi connectivity index (χ2n) is 9.24. The first kappa shape index (κ1) is 22.0. The first-order chi connectivity index (χ1) is 15.9. The summed E-state index contributed by atoms with van der Waals surface area (Å²) >= 11 is 6.38. The van der Waals surface area contributed by atoms with Gasteiger partial charge in [0.25, 0.3) is 5.91 Å². The van der Waals surface area contributed by atoms with Crippen LogP contribution in [0.4, 0.5) is 0 Å². The molecule has 0 saturated heterocycles. The maximum absolute atomic E-state index is 14.0. The minimum Gasteiger partial charge on any atom is -0.495 e. The molecule has 3 aliphatic rings. The molecule has 0 aromatic heterocycles. The topological polar surface area (TPSA) is 79.2 Å². The van der Waals surface area contributed by atoms with E-state index in [4.69, 9.17) is 21.3 Å².